The van der Waals surface area contributed by atoms with Gasteiger partial charge in [-0.05, 0) is 36.2 Å². The Kier molecular flexibility index (Phi) is 4.92. The van der Waals surface area contributed by atoms with Crippen molar-refractivity contribution in [2.75, 3.05) is 12.8 Å². The zero-order chi connectivity index (χ0) is 16.2. The van der Waals surface area contributed by atoms with E-state index < -0.39 is 9.84 Å². The molecule has 2 aromatic carbocycles. The van der Waals surface area contributed by atoms with E-state index in [1.807, 2.05) is 0 Å². The molecular weight excluding hydrogens is 305 g/mol. The van der Waals surface area contributed by atoms with Crippen molar-refractivity contribution in [1.82, 2.24) is 5.32 Å². The fraction of sp³-hybridized carbons (Fsp3) is 0.188. The van der Waals surface area contributed by atoms with Crippen molar-refractivity contribution in [2.24, 2.45) is 0 Å². The van der Waals surface area contributed by atoms with Crippen LogP contribution >= 0.6 is 0 Å². The molecule has 0 aliphatic heterocycles. The van der Waals surface area contributed by atoms with Gasteiger partial charge in [-0.3, -0.25) is 4.79 Å². The van der Waals surface area contributed by atoms with Gasteiger partial charge in [-0.2, -0.15) is 0 Å². The average molecular weight is 321 g/mol. The first-order chi connectivity index (χ1) is 10.4. The molecule has 0 aliphatic carbocycles. The van der Waals surface area contributed by atoms with Crippen molar-refractivity contribution in [2.45, 2.75) is 11.3 Å². The second kappa shape index (κ2) is 6.70. The highest BCUT2D eigenvalue weighted by atomic mass is 32.2. The predicted molar refractivity (Wildman–Crippen MR) is 82.0 cm³/mol. The highest BCUT2D eigenvalue weighted by Gasteiger charge is 2.11. The Bertz CT molecular complexity index is 787. The van der Waals surface area contributed by atoms with Crippen LogP contribution in [0.1, 0.15) is 15.9 Å². The van der Waals surface area contributed by atoms with E-state index in [0.29, 0.717) is 12.0 Å². The Morgan fingerprint density at radius 3 is 2.55 bits per heavy atom. The van der Waals surface area contributed by atoms with E-state index in [-0.39, 0.29) is 28.7 Å². The standard InChI is InChI=1S/C16H16FNO3S/c1-22(20,21)14-7-4-6-13(11-14)16(19)18-10-9-12-5-2-3-8-15(12)17/h2-8,11H,9-10H2,1H3,(H,18,19). The van der Waals surface area contributed by atoms with Crippen LogP contribution < -0.4 is 5.32 Å². The van der Waals surface area contributed by atoms with Gasteiger partial charge in [-0.25, -0.2) is 12.8 Å². The number of nitrogens with one attached hydrogen (secondary N) is 1. The molecule has 22 heavy (non-hydrogen) atoms. The molecule has 2 rings (SSSR count). The van der Waals surface area contributed by atoms with E-state index in [1.54, 1.807) is 18.2 Å². The second-order valence-corrected chi connectivity index (χ2v) is 6.91. The molecule has 4 nitrogen and oxygen atoms in total. The summed E-state index contributed by atoms with van der Waals surface area (Å²) in [5.74, 6) is -0.697. The molecule has 0 saturated carbocycles. The van der Waals surface area contributed by atoms with Gasteiger partial charge in [0.2, 0.25) is 0 Å². The maximum Gasteiger partial charge on any atom is 0.251 e. The summed E-state index contributed by atoms with van der Waals surface area (Å²) in [5, 5.41) is 2.65. The van der Waals surface area contributed by atoms with Gasteiger partial charge in [0.1, 0.15) is 5.82 Å². The van der Waals surface area contributed by atoms with E-state index in [0.717, 1.165) is 6.26 Å². The Labute approximate surface area is 128 Å². The van der Waals surface area contributed by atoms with Crippen LogP contribution in [0.3, 0.4) is 0 Å². The van der Waals surface area contributed by atoms with Crippen LogP contribution in [0.4, 0.5) is 4.39 Å². The van der Waals surface area contributed by atoms with Crippen LogP contribution in [0, 0.1) is 5.82 Å². The average Bonchev–Trinajstić information content (AvgIpc) is 2.48. The molecule has 1 N–H and O–H groups in total. The number of halogens is 1. The highest BCUT2D eigenvalue weighted by Crippen LogP contribution is 2.11. The third-order valence-corrected chi connectivity index (χ3v) is 4.27. The fourth-order valence-electron chi connectivity index (χ4n) is 1.98. The van der Waals surface area contributed by atoms with E-state index in [2.05, 4.69) is 5.32 Å². The molecule has 0 bridgehead atoms. The molecule has 116 valence electrons. The lowest BCUT2D eigenvalue weighted by Crippen LogP contribution is -2.26. The molecule has 2 aromatic rings. The smallest absolute Gasteiger partial charge is 0.251 e. The third kappa shape index (κ3) is 4.14. The molecule has 0 radical (unpaired) electrons. The first-order valence-electron chi connectivity index (χ1n) is 6.69. The van der Waals surface area contributed by atoms with Gasteiger partial charge in [0.15, 0.2) is 9.84 Å². The molecule has 0 aromatic heterocycles. The van der Waals surface area contributed by atoms with Crippen LogP contribution in [-0.2, 0) is 16.3 Å². The number of benzene rings is 2. The molecule has 1 amide bonds. The van der Waals surface area contributed by atoms with Crippen LogP contribution in [0.5, 0.6) is 0 Å². The summed E-state index contributed by atoms with van der Waals surface area (Å²) in [5.41, 5.74) is 0.782. The number of amides is 1. The summed E-state index contributed by atoms with van der Waals surface area (Å²) in [6.07, 6.45) is 1.45. The molecular formula is C16H16FNO3S. The van der Waals surface area contributed by atoms with Crippen molar-refractivity contribution in [3.8, 4) is 0 Å². The minimum absolute atomic E-state index is 0.0919. The van der Waals surface area contributed by atoms with Gasteiger partial charge in [0.05, 0.1) is 4.90 Å². The maximum absolute atomic E-state index is 13.4. The first kappa shape index (κ1) is 16.2. The molecule has 0 spiro atoms. The third-order valence-electron chi connectivity index (χ3n) is 3.16. The minimum Gasteiger partial charge on any atom is -0.352 e. The maximum atomic E-state index is 13.4. The Morgan fingerprint density at radius 1 is 1.14 bits per heavy atom. The summed E-state index contributed by atoms with van der Waals surface area (Å²) in [6, 6.07) is 12.2. The van der Waals surface area contributed by atoms with Crippen molar-refractivity contribution < 1.29 is 17.6 Å². The fourth-order valence-corrected chi connectivity index (χ4v) is 2.65. The molecule has 6 heteroatoms. The molecule has 0 saturated heterocycles. The van der Waals surface area contributed by atoms with Crippen molar-refractivity contribution in [3.05, 3.63) is 65.5 Å². The molecule has 0 heterocycles. The number of hydrogen-bond donors (Lipinski definition) is 1. The number of rotatable bonds is 5. The van der Waals surface area contributed by atoms with Crippen molar-refractivity contribution in [1.29, 1.82) is 0 Å². The van der Waals surface area contributed by atoms with Gasteiger partial charge in [0, 0.05) is 18.4 Å². The lowest BCUT2D eigenvalue weighted by atomic mass is 10.1. The number of carbonyl (C=O) groups is 1. The largest absolute Gasteiger partial charge is 0.352 e. The molecule has 0 atom stereocenters. The zero-order valence-electron chi connectivity index (χ0n) is 12.0. The van der Waals surface area contributed by atoms with Gasteiger partial charge < -0.3 is 5.32 Å². The molecule has 0 aliphatic rings. The van der Waals surface area contributed by atoms with Crippen LogP contribution in [0.2, 0.25) is 0 Å². The lowest BCUT2D eigenvalue weighted by Gasteiger charge is -2.07. The monoisotopic (exact) mass is 321 g/mol. The zero-order valence-corrected chi connectivity index (χ0v) is 12.9. The summed E-state index contributed by atoms with van der Waals surface area (Å²) >= 11 is 0. The number of sulfone groups is 1. The van der Waals surface area contributed by atoms with Crippen LogP contribution in [-0.4, -0.2) is 27.1 Å². The van der Waals surface area contributed by atoms with Crippen LogP contribution in [0.25, 0.3) is 0 Å². The first-order valence-corrected chi connectivity index (χ1v) is 8.59. The van der Waals surface area contributed by atoms with E-state index in [1.165, 1.54) is 30.3 Å². The predicted octanol–water partition coefficient (Wildman–Crippen LogP) is 2.20. The topological polar surface area (TPSA) is 63.2 Å². The van der Waals surface area contributed by atoms with E-state index in [9.17, 15) is 17.6 Å². The molecule has 0 unspecified atom stereocenters. The van der Waals surface area contributed by atoms with Gasteiger partial charge in [0.25, 0.3) is 5.91 Å². The van der Waals surface area contributed by atoms with E-state index >= 15 is 0 Å². The summed E-state index contributed by atoms with van der Waals surface area (Å²) in [4.78, 5) is 12.1. The second-order valence-electron chi connectivity index (χ2n) is 4.90. The quantitative estimate of drug-likeness (QED) is 0.918. The number of carbonyl (C=O) groups excluding carboxylic acids is 1. The normalized spacial score (nSPS) is 11.2. The number of hydrogen-bond acceptors (Lipinski definition) is 3. The van der Waals surface area contributed by atoms with Gasteiger partial charge >= 0.3 is 0 Å². The lowest BCUT2D eigenvalue weighted by molar-refractivity contribution is 0.0954. The van der Waals surface area contributed by atoms with Crippen LogP contribution in [0.15, 0.2) is 53.4 Å². The summed E-state index contributed by atoms with van der Waals surface area (Å²) < 4.78 is 36.4. The minimum atomic E-state index is -3.36. The van der Waals surface area contributed by atoms with Gasteiger partial charge in [-0.15, -0.1) is 0 Å². The van der Waals surface area contributed by atoms with Gasteiger partial charge in [-0.1, -0.05) is 24.3 Å². The molecule has 0 fully saturated rings. The SMILES string of the molecule is CS(=O)(=O)c1cccc(C(=O)NCCc2ccccc2F)c1. The highest BCUT2D eigenvalue weighted by molar-refractivity contribution is 7.90. The Balaban J connectivity index is 2.00. The van der Waals surface area contributed by atoms with Crippen molar-refractivity contribution >= 4 is 15.7 Å². The Morgan fingerprint density at radius 2 is 1.86 bits per heavy atom. The summed E-state index contributed by atoms with van der Waals surface area (Å²) in [6.45, 7) is 0.267. The van der Waals surface area contributed by atoms with E-state index in [4.69, 9.17) is 0 Å². The summed E-state index contributed by atoms with van der Waals surface area (Å²) in [7, 11) is -3.36. The Hall–Kier alpha value is -2.21. The van der Waals surface area contributed by atoms with Crippen molar-refractivity contribution in [3.63, 3.8) is 0 Å².